The summed E-state index contributed by atoms with van der Waals surface area (Å²) in [4.78, 5) is 11.3. The van der Waals surface area contributed by atoms with Crippen molar-refractivity contribution in [1.29, 1.82) is 0 Å². The summed E-state index contributed by atoms with van der Waals surface area (Å²) in [7, 11) is 0. The highest BCUT2D eigenvalue weighted by atomic mass is 79.9. The molecule has 1 aromatic rings. The largest absolute Gasteiger partial charge is 0.506 e. The molecule has 1 aliphatic heterocycles. The van der Waals surface area contributed by atoms with Gasteiger partial charge in [-0.25, -0.2) is 4.79 Å². The van der Waals surface area contributed by atoms with Crippen molar-refractivity contribution >= 4 is 21.9 Å². The lowest BCUT2D eigenvalue weighted by atomic mass is 9.85. The molecule has 1 fully saturated rings. The standard InChI is InChI=1S/C13H16BrNO4/c14-9-2-1-8(13(17)18)10(12(9)16)11(15)7-3-5-19-6-4-7/h1-2,7,11,16H,3-6,15H2,(H,17,18)/t11-/m0/s1. The fourth-order valence-electron chi connectivity index (χ4n) is 2.42. The molecular weight excluding hydrogens is 314 g/mol. The van der Waals surface area contributed by atoms with E-state index in [4.69, 9.17) is 10.5 Å². The summed E-state index contributed by atoms with van der Waals surface area (Å²) in [6.07, 6.45) is 1.54. The Morgan fingerprint density at radius 2 is 2.05 bits per heavy atom. The number of hydrogen-bond donors (Lipinski definition) is 3. The number of rotatable bonds is 3. The molecule has 104 valence electrons. The molecule has 0 unspecified atom stereocenters. The number of halogens is 1. The van der Waals surface area contributed by atoms with Crippen LogP contribution in [0, 0.1) is 5.92 Å². The zero-order valence-corrected chi connectivity index (χ0v) is 11.9. The van der Waals surface area contributed by atoms with Gasteiger partial charge in [0.15, 0.2) is 0 Å². The van der Waals surface area contributed by atoms with Gasteiger partial charge in [-0.1, -0.05) is 0 Å². The molecule has 0 amide bonds. The van der Waals surface area contributed by atoms with Crippen LogP contribution in [-0.4, -0.2) is 29.4 Å². The SMILES string of the molecule is N[C@H](c1c(C(=O)O)ccc(Br)c1O)C1CCOCC1. The van der Waals surface area contributed by atoms with Crippen LogP contribution in [0.3, 0.4) is 0 Å². The van der Waals surface area contributed by atoms with Gasteiger partial charge in [-0.15, -0.1) is 0 Å². The quantitative estimate of drug-likeness (QED) is 0.791. The molecule has 1 aliphatic rings. The molecule has 1 aromatic carbocycles. The Balaban J connectivity index is 2.41. The van der Waals surface area contributed by atoms with Gasteiger partial charge in [0.1, 0.15) is 5.75 Å². The van der Waals surface area contributed by atoms with E-state index in [0.29, 0.717) is 23.2 Å². The van der Waals surface area contributed by atoms with Gasteiger partial charge >= 0.3 is 5.97 Å². The number of carboxylic acid groups (broad SMARTS) is 1. The van der Waals surface area contributed by atoms with Crippen molar-refractivity contribution < 1.29 is 19.7 Å². The smallest absolute Gasteiger partial charge is 0.336 e. The van der Waals surface area contributed by atoms with Crippen molar-refractivity contribution in [3.05, 3.63) is 27.7 Å². The highest BCUT2D eigenvalue weighted by Crippen LogP contribution is 2.39. The summed E-state index contributed by atoms with van der Waals surface area (Å²) in [6, 6.07) is 2.46. The van der Waals surface area contributed by atoms with Crippen LogP contribution in [0.15, 0.2) is 16.6 Å². The Labute approximate surface area is 119 Å². The maximum Gasteiger partial charge on any atom is 0.336 e. The van der Waals surface area contributed by atoms with Crippen molar-refractivity contribution in [1.82, 2.24) is 0 Å². The van der Waals surface area contributed by atoms with Crippen LogP contribution in [0.1, 0.15) is 34.8 Å². The second-order valence-electron chi connectivity index (χ2n) is 4.64. The van der Waals surface area contributed by atoms with Crippen LogP contribution < -0.4 is 5.73 Å². The predicted octanol–water partition coefficient (Wildman–Crippen LogP) is 2.28. The molecule has 1 saturated heterocycles. The number of ether oxygens (including phenoxy) is 1. The van der Waals surface area contributed by atoms with Crippen molar-refractivity contribution in [2.75, 3.05) is 13.2 Å². The van der Waals surface area contributed by atoms with Gasteiger partial charge in [0, 0.05) is 24.8 Å². The summed E-state index contributed by atoms with van der Waals surface area (Å²) in [5, 5.41) is 19.3. The molecule has 2 rings (SSSR count). The third-order valence-corrected chi connectivity index (χ3v) is 4.15. The molecule has 6 heteroatoms. The Kier molecular flexibility index (Phi) is 4.44. The second kappa shape index (κ2) is 5.90. The minimum atomic E-state index is -1.08. The molecule has 0 aliphatic carbocycles. The van der Waals surface area contributed by atoms with Crippen molar-refractivity contribution in [3.8, 4) is 5.75 Å². The average Bonchev–Trinajstić information content (AvgIpc) is 2.41. The van der Waals surface area contributed by atoms with Gasteiger partial charge in [-0.3, -0.25) is 0 Å². The van der Waals surface area contributed by atoms with Gasteiger partial charge in [-0.05, 0) is 46.8 Å². The zero-order chi connectivity index (χ0) is 14.0. The average molecular weight is 330 g/mol. The van der Waals surface area contributed by atoms with Crippen LogP contribution in [0.5, 0.6) is 5.75 Å². The molecule has 4 N–H and O–H groups in total. The molecule has 1 atom stereocenters. The summed E-state index contributed by atoms with van der Waals surface area (Å²) in [5.41, 5.74) is 6.53. The maximum atomic E-state index is 11.3. The lowest BCUT2D eigenvalue weighted by Crippen LogP contribution is -2.29. The van der Waals surface area contributed by atoms with E-state index in [1.807, 2.05) is 0 Å². The Bertz CT molecular complexity index is 486. The van der Waals surface area contributed by atoms with Crippen molar-refractivity contribution in [2.45, 2.75) is 18.9 Å². The number of aromatic hydroxyl groups is 1. The van der Waals surface area contributed by atoms with E-state index in [0.717, 1.165) is 12.8 Å². The third-order valence-electron chi connectivity index (χ3n) is 3.51. The van der Waals surface area contributed by atoms with E-state index in [1.54, 1.807) is 0 Å². The first-order chi connectivity index (χ1) is 9.02. The number of benzene rings is 1. The molecule has 0 aromatic heterocycles. The molecule has 0 spiro atoms. The lowest BCUT2D eigenvalue weighted by molar-refractivity contribution is 0.0575. The first-order valence-corrected chi connectivity index (χ1v) is 6.89. The Morgan fingerprint density at radius 1 is 1.42 bits per heavy atom. The van der Waals surface area contributed by atoms with E-state index >= 15 is 0 Å². The minimum absolute atomic E-state index is 0.0553. The highest BCUT2D eigenvalue weighted by Gasteiger charge is 2.29. The van der Waals surface area contributed by atoms with E-state index in [2.05, 4.69) is 15.9 Å². The van der Waals surface area contributed by atoms with Crippen LogP contribution in [0.2, 0.25) is 0 Å². The van der Waals surface area contributed by atoms with Crippen LogP contribution in [-0.2, 0) is 4.74 Å². The summed E-state index contributed by atoms with van der Waals surface area (Å²) in [5.74, 6) is -1.05. The minimum Gasteiger partial charge on any atom is -0.506 e. The molecule has 0 saturated carbocycles. The van der Waals surface area contributed by atoms with Gasteiger partial charge in [0.05, 0.1) is 10.0 Å². The van der Waals surface area contributed by atoms with E-state index in [1.165, 1.54) is 12.1 Å². The number of carbonyl (C=O) groups is 1. The number of phenolic OH excluding ortho intramolecular Hbond substituents is 1. The van der Waals surface area contributed by atoms with E-state index in [9.17, 15) is 15.0 Å². The summed E-state index contributed by atoms with van der Waals surface area (Å²) < 4.78 is 5.73. The first kappa shape index (κ1) is 14.3. The number of aromatic carboxylic acids is 1. The number of nitrogens with two attached hydrogens (primary N) is 1. The molecule has 0 radical (unpaired) electrons. The molecule has 0 bridgehead atoms. The zero-order valence-electron chi connectivity index (χ0n) is 10.3. The first-order valence-electron chi connectivity index (χ1n) is 6.10. The van der Waals surface area contributed by atoms with Gasteiger partial charge in [-0.2, -0.15) is 0 Å². The van der Waals surface area contributed by atoms with Crippen LogP contribution in [0.4, 0.5) is 0 Å². The lowest BCUT2D eigenvalue weighted by Gasteiger charge is -2.29. The molecule has 5 nitrogen and oxygen atoms in total. The molecule has 19 heavy (non-hydrogen) atoms. The normalized spacial score (nSPS) is 18.2. The predicted molar refractivity (Wildman–Crippen MR) is 73.2 cm³/mol. The highest BCUT2D eigenvalue weighted by molar-refractivity contribution is 9.10. The summed E-state index contributed by atoms with van der Waals surface area (Å²) in [6.45, 7) is 1.24. The van der Waals surface area contributed by atoms with E-state index < -0.39 is 12.0 Å². The topological polar surface area (TPSA) is 92.8 Å². The number of phenols is 1. The third kappa shape index (κ3) is 2.91. The number of carboxylic acids is 1. The Hall–Kier alpha value is -1.11. The number of hydrogen-bond acceptors (Lipinski definition) is 4. The fourth-order valence-corrected chi connectivity index (χ4v) is 2.76. The molecular formula is C13H16BrNO4. The molecule has 1 heterocycles. The van der Waals surface area contributed by atoms with Gasteiger partial charge < -0.3 is 20.7 Å². The van der Waals surface area contributed by atoms with Crippen LogP contribution in [0.25, 0.3) is 0 Å². The summed E-state index contributed by atoms with van der Waals surface area (Å²) >= 11 is 3.20. The van der Waals surface area contributed by atoms with Crippen molar-refractivity contribution in [2.24, 2.45) is 11.7 Å². The van der Waals surface area contributed by atoms with Gasteiger partial charge in [0.2, 0.25) is 0 Å². The van der Waals surface area contributed by atoms with Crippen LogP contribution >= 0.6 is 15.9 Å². The maximum absolute atomic E-state index is 11.3. The second-order valence-corrected chi connectivity index (χ2v) is 5.49. The monoisotopic (exact) mass is 329 g/mol. The van der Waals surface area contributed by atoms with Gasteiger partial charge in [0.25, 0.3) is 0 Å². The fraction of sp³-hybridized carbons (Fsp3) is 0.462. The van der Waals surface area contributed by atoms with Crippen molar-refractivity contribution in [3.63, 3.8) is 0 Å². The Morgan fingerprint density at radius 3 is 2.63 bits per heavy atom. The van der Waals surface area contributed by atoms with E-state index in [-0.39, 0.29) is 17.2 Å².